The van der Waals surface area contributed by atoms with Crippen LogP contribution in [0.25, 0.3) is 0 Å². The molecule has 0 spiro atoms. The SMILES string of the molecule is CCC(C)C(C)(N)C(C)C. The molecule has 0 heterocycles. The molecule has 0 aliphatic carbocycles. The Bertz CT molecular complexity index is 94.9. The summed E-state index contributed by atoms with van der Waals surface area (Å²) >= 11 is 0. The monoisotopic (exact) mass is 143 g/mol. The molecule has 2 unspecified atom stereocenters. The molecule has 10 heavy (non-hydrogen) atoms. The highest BCUT2D eigenvalue weighted by atomic mass is 14.7. The number of nitrogens with two attached hydrogens (primary N) is 1. The first-order chi connectivity index (χ1) is 4.42. The van der Waals surface area contributed by atoms with Gasteiger partial charge in [-0.05, 0) is 18.8 Å². The fourth-order valence-electron chi connectivity index (χ4n) is 1.01. The molecule has 62 valence electrons. The van der Waals surface area contributed by atoms with Gasteiger partial charge in [-0.15, -0.1) is 0 Å². The van der Waals surface area contributed by atoms with Gasteiger partial charge in [0.1, 0.15) is 0 Å². The van der Waals surface area contributed by atoms with Gasteiger partial charge in [-0.2, -0.15) is 0 Å². The summed E-state index contributed by atoms with van der Waals surface area (Å²) in [5.41, 5.74) is 6.12. The van der Waals surface area contributed by atoms with Gasteiger partial charge in [0.05, 0.1) is 0 Å². The number of hydrogen-bond donors (Lipinski definition) is 1. The van der Waals surface area contributed by atoms with E-state index in [1.165, 1.54) is 6.42 Å². The molecule has 2 N–H and O–H groups in total. The molecule has 0 amide bonds. The Labute approximate surface area is 65.0 Å². The van der Waals surface area contributed by atoms with E-state index in [4.69, 9.17) is 5.73 Å². The molecule has 0 aliphatic rings. The highest BCUT2D eigenvalue weighted by Crippen LogP contribution is 2.24. The van der Waals surface area contributed by atoms with E-state index in [-0.39, 0.29) is 5.54 Å². The summed E-state index contributed by atoms with van der Waals surface area (Å²) in [4.78, 5) is 0. The van der Waals surface area contributed by atoms with Gasteiger partial charge in [0.25, 0.3) is 0 Å². The van der Waals surface area contributed by atoms with Crippen LogP contribution in [0.3, 0.4) is 0 Å². The Kier molecular flexibility index (Phi) is 3.37. The second-order valence-corrected chi connectivity index (χ2v) is 3.83. The van der Waals surface area contributed by atoms with Crippen molar-refractivity contribution in [2.75, 3.05) is 0 Å². The van der Waals surface area contributed by atoms with E-state index < -0.39 is 0 Å². The van der Waals surface area contributed by atoms with Crippen LogP contribution in [-0.2, 0) is 0 Å². The van der Waals surface area contributed by atoms with Crippen LogP contribution in [0.2, 0.25) is 0 Å². The van der Waals surface area contributed by atoms with Crippen molar-refractivity contribution in [2.45, 2.75) is 46.6 Å². The average Bonchev–Trinajstić information content (AvgIpc) is 1.86. The van der Waals surface area contributed by atoms with Crippen molar-refractivity contribution in [3.05, 3.63) is 0 Å². The van der Waals surface area contributed by atoms with Crippen molar-refractivity contribution in [3.8, 4) is 0 Å². The lowest BCUT2D eigenvalue weighted by atomic mass is 9.77. The summed E-state index contributed by atoms with van der Waals surface area (Å²) in [5, 5.41) is 0. The molecule has 1 nitrogen and oxygen atoms in total. The quantitative estimate of drug-likeness (QED) is 0.645. The van der Waals surface area contributed by atoms with Gasteiger partial charge in [0.15, 0.2) is 0 Å². The van der Waals surface area contributed by atoms with E-state index in [0.29, 0.717) is 11.8 Å². The fourth-order valence-corrected chi connectivity index (χ4v) is 1.01. The maximum absolute atomic E-state index is 6.11. The van der Waals surface area contributed by atoms with Gasteiger partial charge in [0.2, 0.25) is 0 Å². The van der Waals surface area contributed by atoms with E-state index in [0.717, 1.165) is 0 Å². The molecular formula is C9H21N. The Balaban J connectivity index is 4.09. The smallest absolute Gasteiger partial charge is 0.0174 e. The number of rotatable bonds is 3. The molecular weight excluding hydrogens is 122 g/mol. The molecule has 0 rings (SSSR count). The first-order valence-corrected chi connectivity index (χ1v) is 4.21. The molecule has 1 heteroatoms. The molecule has 0 bridgehead atoms. The lowest BCUT2D eigenvalue weighted by Gasteiger charge is -2.35. The van der Waals surface area contributed by atoms with Crippen LogP contribution < -0.4 is 5.73 Å². The van der Waals surface area contributed by atoms with E-state index in [9.17, 15) is 0 Å². The van der Waals surface area contributed by atoms with Crippen LogP contribution in [0.1, 0.15) is 41.0 Å². The number of hydrogen-bond acceptors (Lipinski definition) is 1. The fraction of sp³-hybridized carbons (Fsp3) is 1.00. The minimum absolute atomic E-state index is 0.00868. The molecule has 0 fully saturated rings. The summed E-state index contributed by atoms with van der Waals surface area (Å²) in [6.07, 6.45) is 1.17. The zero-order valence-electron chi connectivity index (χ0n) is 7.94. The molecule has 2 atom stereocenters. The van der Waals surface area contributed by atoms with E-state index in [1.54, 1.807) is 0 Å². The standard InChI is InChI=1S/C9H21N/c1-6-8(4)9(5,10)7(2)3/h7-8H,6,10H2,1-5H3. The van der Waals surface area contributed by atoms with Crippen molar-refractivity contribution in [1.29, 1.82) is 0 Å². The van der Waals surface area contributed by atoms with Gasteiger partial charge in [0, 0.05) is 5.54 Å². The average molecular weight is 143 g/mol. The molecule has 0 saturated heterocycles. The lowest BCUT2D eigenvalue weighted by molar-refractivity contribution is 0.229. The molecule has 0 aromatic carbocycles. The highest BCUT2D eigenvalue weighted by Gasteiger charge is 2.28. The lowest BCUT2D eigenvalue weighted by Crippen LogP contribution is -2.47. The van der Waals surface area contributed by atoms with Crippen molar-refractivity contribution in [2.24, 2.45) is 17.6 Å². The molecule has 0 aromatic heterocycles. The van der Waals surface area contributed by atoms with Gasteiger partial charge in [-0.1, -0.05) is 34.1 Å². The Morgan fingerprint density at radius 2 is 1.70 bits per heavy atom. The molecule has 0 aliphatic heterocycles. The van der Waals surface area contributed by atoms with Crippen LogP contribution in [0.4, 0.5) is 0 Å². The first-order valence-electron chi connectivity index (χ1n) is 4.21. The highest BCUT2D eigenvalue weighted by molar-refractivity contribution is 4.86. The maximum atomic E-state index is 6.11. The van der Waals surface area contributed by atoms with Gasteiger partial charge >= 0.3 is 0 Å². The van der Waals surface area contributed by atoms with Crippen molar-refractivity contribution in [3.63, 3.8) is 0 Å². The third-order valence-electron chi connectivity index (χ3n) is 2.92. The molecule has 0 aromatic rings. The van der Waals surface area contributed by atoms with Gasteiger partial charge in [-0.3, -0.25) is 0 Å². The second-order valence-electron chi connectivity index (χ2n) is 3.83. The predicted octanol–water partition coefficient (Wildman–Crippen LogP) is 2.41. The Morgan fingerprint density at radius 3 is 1.80 bits per heavy atom. The van der Waals surface area contributed by atoms with Crippen LogP contribution in [-0.4, -0.2) is 5.54 Å². The van der Waals surface area contributed by atoms with Crippen molar-refractivity contribution in [1.82, 2.24) is 0 Å². The summed E-state index contributed by atoms with van der Waals surface area (Å²) in [7, 11) is 0. The molecule has 0 radical (unpaired) electrons. The topological polar surface area (TPSA) is 26.0 Å². The Morgan fingerprint density at radius 1 is 1.30 bits per heavy atom. The van der Waals surface area contributed by atoms with Crippen LogP contribution >= 0.6 is 0 Å². The predicted molar refractivity (Wildman–Crippen MR) is 46.9 cm³/mol. The van der Waals surface area contributed by atoms with Crippen LogP contribution in [0, 0.1) is 11.8 Å². The van der Waals surface area contributed by atoms with E-state index in [2.05, 4.69) is 34.6 Å². The van der Waals surface area contributed by atoms with Gasteiger partial charge in [-0.25, -0.2) is 0 Å². The summed E-state index contributed by atoms with van der Waals surface area (Å²) < 4.78 is 0. The first kappa shape index (κ1) is 9.96. The van der Waals surface area contributed by atoms with Crippen LogP contribution in [0.15, 0.2) is 0 Å². The second kappa shape index (κ2) is 3.38. The minimum atomic E-state index is 0.00868. The van der Waals surface area contributed by atoms with Crippen molar-refractivity contribution < 1.29 is 0 Å². The normalized spacial score (nSPS) is 20.7. The maximum Gasteiger partial charge on any atom is 0.0174 e. The van der Waals surface area contributed by atoms with E-state index >= 15 is 0 Å². The zero-order valence-corrected chi connectivity index (χ0v) is 7.94. The minimum Gasteiger partial charge on any atom is -0.325 e. The van der Waals surface area contributed by atoms with Crippen LogP contribution in [0.5, 0.6) is 0 Å². The summed E-state index contributed by atoms with van der Waals surface area (Å²) in [5.74, 6) is 1.19. The summed E-state index contributed by atoms with van der Waals surface area (Å²) in [6, 6.07) is 0. The third-order valence-corrected chi connectivity index (χ3v) is 2.92. The Hall–Kier alpha value is -0.0400. The van der Waals surface area contributed by atoms with E-state index in [1.807, 2.05) is 0 Å². The molecule has 0 saturated carbocycles. The summed E-state index contributed by atoms with van der Waals surface area (Å²) in [6.45, 7) is 10.9. The van der Waals surface area contributed by atoms with Gasteiger partial charge < -0.3 is 5.73 Å². The zero-order chi connectivity index (χ0) is 8.36. The third kappa shape index (κ3) is 1.98. The largest absolute Gasteiger partial charge is 0.325 e. The van der Waals surface area contributed by atoms with Crippen molar-refractivity contribution >= 4 is 0 Å².